The molecule has 11 heteroatoms. The molecule has 0 bridgehead atoms. The quantitative estimate of drug-likeness (QED) is 0.144. The first-order valence-electron chi connectivity index (χ1n) is 12.6. The number of hydrogen-bond donors (Lipinski definition) is 2. The third-order valence-corrected chi connectivity index (χ3v) is 6.37. The van der Waals surface area contributed by atoms with Crippen LogP contribution in [0.4, 0.5) is 4.79 Å². The molecule has 38 heavy (non-hydrogen) atoms. The standard InChI is InChI=1S/C27H40N4O7/c1-33-13-15-35-19-37-25-23(17-21-9-5-3-6-10-21)30(28)27(32)31(29)24(18-22-11-7-4-8-12-22)26(25)38-20-36-16-14-34-2/h3-12,23-26H,13-20,28-29H2,1-2H3. The molecule has 2 amide bonds. The molecule has 4 N–H and O–H groups in total. The van der Waals surface area contributed by atoms with E-state index in [2.05, 4.69) is 0 Å². The summed E-state index contributed by atoms with van der Waals surface area (Å²) in [5.74, 6) is 12.9. The average molecular weight is 533 g/mol. The van der Waals surface area contributed by atoms with E-state index >= 15 is 0 Å². The van der Waals surface area contributed by atoms with Gasteiger partial charge in [0.15, 0.2) is 0 Å². The summed E-state index contributed by atoms with van der Waals surface area (Å²) in [6.07, 6.45) is -0.551. The molecule has 2 aromatic carbocycles. The Labute approximate surface area is 224 Å². The molecule has 1 saturated heterocycles. The van der Waals surface area contributed by atoms with Gasteiger partial charge in [0.2, 0.25) is 0 Å². The maximum atomic E-state index is 13.5. The summed E-state index contributed by atoms with van der Waals surface area (Å²) >= 11 is 0. The average Bonchev–Trinajstić information content (AvgIpc) is 3.00. The van der Waals surface area contributed by atoms with Crippen LogP contribution >= 0.6 is 0 Å². The van der Waals surface area contributed by atoms with Crippen molar-refractivity contribution in [3.8, 4) is 0 Å². The summed E-state index contributed by atoms with van der Waals surface area (Å²) in [6.45, 7) is 1.44. The molecule has 4 unspecified atom stereocenters. The third kappa shape index (κ3) is 8.72. The van der Waals surface area contributed by atoms with E-state index in [0.29, 0.717) is 39.3 Å². The van der Waals surface area contributed by atoms with Crippen molar-refractivity contribution >= 4 is 6.03 Å². The van der Waals surface area contributed by atoms with Gasteiger partial charge in [-0.25, -0.2) is 16.5 Å². The molecule has 1 heterocycles. The van der Waals surface area contributed by atoms with Crippen LogP contribution in [-0.4, -0.2) is 94.6 Å². The number of nitrogens with two attached hydrogens (primary N) is 2. The highest BCUT2D eigenvalue weighted by Gasteiger charge is 2.47. The van der Waals surface area contributed by atoms with Crippen molar-refractivity contribution in [3.63, 3.8) is 0 Å². The number of amides is 2. The molecule has 2 aromatic rings. The fourth-order valence-electron chi connectivity index (χ4n) is 4.38. The molecule has 0 aromatic heterocycles. The SMILES string of the molecule is COCCOCOC1C(OCOCCOC)C(Cc2ccccc2)N(N)C(=O)N(N)C1Cc1ccccc1. The number of urea groups is 1. The second kappa shape index (κ2) is 16.4. The minimum Gasteiger partial charge on any atom is -0.382 e. The van der Waals surface area contributed by atoms with E-state index in [1.165, 1.54) is 0 Å². The Kier molecular flexibility index (Phi) is 12.9. The van der Waals surface area contributed by atoms with E-state index in [-0.39, 0.29) is 13.6 Å². The first-order chi connectivity index (χ1) is 18.6. The molecule has 11 nitrogen and oxygen atoms in total. The van der Waals surface area contributed by atoms with E-state index in [1.54, 1.807) is 14.2 Å². The summed E-state index contributed by atoms with van der Waals surface area (Å²) < 4.78 is 33.9. The summed E-state index contributed by atoms with van der Waals surface area (Å²) in [6, 6.07) is 17.7. The molecular formula is C27H40N4O7. The highest BCUT2D eigenvalue weighted by atomic mass is 16.7. The number of methoxy groups -OCH3 is 2. The van der Waals surface area contributed by atoms with Gasteiger partial charge >= 0.3 is 6.03 Å². The normalized spacial score (nSPS) is 22.1. The zero-order chi connectivity index (χ0) is 27.2. The minimum atomic E-state index is -0.694. The number of benzene rings is 2. The van der Waals surface area contributed by atoms with Crippen LogP contribution in [-0.2, 0) is 41.3 Å². The molecule has 0 spiro atoms. The summed E-state index contributed by atoms with van der Waals surface area (Å²) in [5.41, 5.74) is 1.96. The molecule has 4 atom stereocenters. The monoisotopic (exact) mass is 532 g/mol. The van der Waals surface area contributed by atoms with Gasteiger partial charge in [0.25, 0.3) is 0 Å². The second-order valence-corrected chi connectivity index (χ2v) is 8.91. The van der Waals surface area contributed by atoms with Crippen molar-refractivity contribution in [2.24, 2.45) is 11.7 Å². The van der Waals surface area contributed by atoms with Gasteiger partial charge in [-0.05, 0) is 24.0 Å². The lowest BCUT2D eigenvalue weighted by atomic mass is 9.91. The number of rotatable bonds is 16. The van der Waals surface area contributed by atoms with Crippen molar-refractivity contribution in [2.45, 2.75) is 37.1 Å². The zero-order valence-corrected chi connectivity index (χ0v) is 22.1. The van der Waals surface area contributed by atoms with Gasteiger partial charge in [0.1, 0.15) is 25.8 Å². The lowest BCUT2D eigenvalue weighted by molar-refractivity contribution is -0.191. The predicted octanol–water partition coefficient (Wildman–Crippen LogP) is 1.71. The van der Waals surface area contributed by atoms with E-state index < -0.39 is 30.3 Å². The Morgan fingerprint density at radius 2 is 1.05 bits per heavy atom. The van der Waals surface area contributed by atoms with Crippen molar-refractivity contribution in [2.75, 3.05) is 54.2 Å². The Morgan fingerprint density at radius 3 is 1.42 bits per heavy atom. The third-order valence-electron chi connectivity index (χ3n) is 6.37. The first kappa shape index (κ1) is 29.9. The number of carbonyl (C=O) groups is 1. The largest absolute Gasteiger partial charge is 0.382 e. The number of nitrogens with zero attached hydrogens (tertiary/aromatic N) is 2. The van der Waals surface area contributed by atoms with Crippen molar-refractivity contribution < 1.29 is 33.2 Å². The van der Waals surface area contributed by atoms with Crippen LogP contribution in [0.5, 0.6) is 0 Å². The van der Waals surface area contributed by atoms with Crippen LogP contribution in [0.2, 0.25) is 0 Å². The number of hydrogen-bond acceptors (Lipinski definition) is 9. The van der Waals surface area contributed by atoms with Crippen molar-refractivity contribution in [1.29, 1.82) is 0 Å². The van der Waals surface area contributed by atoms with Crippen LogP contribution < -0.4 is 11.7 Å². The van der Waals surface area contributed by atoms with E-state index in [1.807, 2.05) is 60.7 Å². The molecule has 3 rings (SSSR count). The maximum Gasteiger partial charge on any atom is 0.348 e. The lowest BCUT2D eigenvalue weighted by Crippen LogP contribution is -2.56. The Hall–Kier alpha value is -2.61. The van der Waals surface area contributed by atoms with Crippen LogP contribution in [0.15, 0.2) is 60.7 Å². The van der Waals surface area contributed by atoms with Crippen LogP contribution in [0, 0.1) is 0 Å². The smallest absolute Gasteiger partial charge is 0.348 e. The summed E-state index contributed by atoms with van der Waals surface area (Å²) in [4.78, 5) is 13.5. The van der Waals surface area contributed by atoms with Crippen LogP contribution in [0.3, 0.4) is 0 Å². The number of hydrazine groups is 2. The maximum absolute atomic E-state index is 13.5. The van der Waals surface area contributed by atoms with Gasteiger partial charge in [-0.1, -0.05) is 60.7 Å². The van der Waals surface area contributed by atoms with Crippen molar-refractivity contribution in [1.82, 2.24) is 10.0 Å². The minimum absolute atomic E-state index is 0.0473. The Morgan fingerprint density at radius 1 is 0.658 bits per heavy atom. The second-order valence-electron chi connectivity index (χ2n) is 8.91. The molecule has 210 valence electrons. The van der Waals surface area contributed by atoms with Crippen molar-refractivity contribution in [3.05, 3.63) is 71.8 Å². The molecule has 1 aliphatic heterocycles. The summed E-state index contributed by atoms with van der Waals surface area (Å²) in [5, 5.41) is 2.28. The molecule has 0 saturated carbocycles. The van der Waals surface area contributed by atoms with Gasteiger partial charge in [0.05, 0.1) is 38.5 Å². The molecule has 0 radical (unpaired) electrons. The molecule has 1 fully saturated rings. The number of carbonyl (C=O) groups excluding carboxylic acids is 1. The van der Waals surface area contributed by atoms with Gasteiger partial charge in [0, 0.05) is 14.2 Å². The topological polar surface area (TPSA) is 131 Å². The highest BCUT2D eigenvalue weighted by molar-refractivity contribution is 5.74. The van der Waals surface area contributed by atoms with Gasteiger partial charge < -0.3 is 28.4 Å². The Bertz CT molecular complexity index is 851. The van der Waals surface area contributed by atoms with Gasteiger partial charge in [-0.3, -0.25) is 10.0 Å². The molecule has 0 aliphatic carbocycles. The van der Waals surface area contributed by atoms with E-state index in [0.717, 1.165) is 21.1 Å². The van der Waals surface area contributed by atoms with E-state index in [9.17, 15) is 4.79 Å². The predicted molar refractivity (Wildman–Crippen MR) is 140 cm³/mol. The van der Waals surface area contributed by atoms with Gasteiger partial charge in [-0.2, -0.15) is 0 Å². The van der Waals surface area contributed by atoms with Crippen LogP contribution in [0.1, 0.15) is 11.1 Å². The fourth-order valence-corrected chi connectivity index (χ4v) is 4.38. The van der Waals surface area contributed by atoms with E-state index in [4.69, 9.17) is 40.1 Å². The lowest BCUT2D eigenvalue weighted by Gasteiger charge is -2.36. The van der Waals surface area contributed by atoms with Gasteiger partial charge in [-0.15, -0.1) is 0 Å². The number of ether oxygens (including phenoxy) is 6. The highest BCUT2D eigenvalue weighted by Crippen LogP contribution is 2.28. The van der Waals surface area contributed by atoms with Crippen LogP contribution in [0.25, 0.3) is 0 Å². The summed E-state index contributed by atoms with van der Waals surface area (Å²) in [7, 11) is 3.20. The first-order valence-corrected chi connectivity index (χ1v) is 12.6. The fraction of sp³-hybridized carbons (Fsp3) is 0.519. The molecular weight excluding hydrogens is 492 g/mol. The Balaban J connectivity index is 1.94. The molecule has 1 aliphatic rings. The zero-order valence-electron chi connectivity index (χ0n) is 22.1.